The lowest BCUT2D eigenvalue weighted by Gasteiger charge is -2.32. The molecule has 1 N–H and O–H groups in total. The Morgan fingerprint density at radius 1 is 1.17 bits per heavy atom. The Morgan fingerprint density at radius 2 is 1.96 bits per heavy atom. The fraction of sp³-hybridized carbons (Fsp3) is 0.444. The van der Waals surface area contributed by atoms with Gasteiger partial charge < -0.3 is 10.2 Å². The Kier molecular flexibility index (Phi) is 3.73. The third-order valence-electron chi connectivity index (χ3n) is 4.83. The number of carbonyl (C=O) groups excluding carboxylic acids is 1. The number of nitrogens with one attached hydrogen (secondary N) is 1. The van der Waals surface area contributed by atoms with Gasteiger partial charge in [0.25, 0.3) is 5.91 Å². The molecule has 120 valence electrons. The van der Waals surface area contributed by atoms with Crippen molar-refractivity contribution in [2.75, 3.05) is 13.1 Å². The van der Waals surface area contributed by atoms with Gasteiger partial charge in [-0.2, -0.15) is 0 Å². The first-order valence-corrected chi connectivity index (χ1v) is 8.29. The molecule has 2 aromatic rings. The fourth-order valence-corrected chi connectivity index (χ4v) is 3.34. The van der Waals surface area contributed by atoms with Gasteiger partial charge in [0.15, 0.2) is 0 Å². The monoisotopic (exact) mass is 313 g/mol. The summed E-state index contributed by atoms with van der Waals surface area (Å²) in [6.45, 7) is 2.13. The molecule has 5 heteroatoms. The molecular weight excluding hydrogens is 293 g/mol. The van der Waals surface area contributed by atoms with Gasteiger partial charge in [-0.05, 0) is 49.9 Å². The Balaban J connectivity index is 1.42. The highest BCUT2D eigenvalue weighted by Crippen LogP contribution is 2.29. The van der Waals surface area contributed by atoms with Gasteiger partial charge in [0.2, 0.25) is 0 Å². The van der Waals surface area contributed by atoms with Crippen molar-refractivity contribution in [1.29, 1.82) is 0 Å². The summed E-state index contributed by atoms with van der Waals surface area (Å²) in [5.74, 6) is -0.433. The molecule has 2 heterocycles. The SMILES string of the molecule is O=C(NC1CCN(C2CC2)CC1)c1cnc2ccc(F)cc2c1. The van der Waals surface area contributed by atoms with Crippen LogP contribution in [0.5, 0.6) is 0 Å². The van der Waals surface area contributed by atoms with Gasteiger partial charge in [-0.25, -0.2) is 4.39 Å². The zero-order valence-corrected chi connectivity index (χ0v) is 13.0. The Morgan fingerprint density at radius 3 is 2.70 bits per heavy atom. The van der Waals surface area contributed by atoms with Gasteiger partial charge >= 0.3 is 0 Å². The van der Waals surface area contributed by atoms with E-state index in [4.69, 9.17) is 0 Å². The molecule has 0 atom stereocenters. The Bertz CT molecular complexity index is 736. The number of likely N-dealkylation sites (tertiary alicyclic amines) is 1. The summed E-state index contributed by atoms with van der Waals surface area (Å²) >= 11 is 0. The smallest absolute Gasteiger partial charge is 0.253 e. The van der Waals surface area contributed by atoms with E-state index in [1.807, 2.05) is 0 Å². The van der Waals surface area contributed by atoms with Crippen molar-refractivity contribution in [3.63, 3.8) is 0 Å². The van der Waals surface area contributed by atoms with E-state index >= 15 is 0 Å². The minimum atomic E-state index is -0.315. The number of aromatic nitrogens is 1. The molecule has 4 nitrogen and oxygen atoms in total. The van der Waals surface area contributed by atoms with Gasteiger partial charge in [0.1, 0.15) is 5.82 Å². The summed E-state index contributed by atoms with van der Waals surface area (Å²) in [5.41, 5.74) is 1.19. The standard InChI is InChI=1S/C18H20FN3O/c19-14-1-4-17-12(10-14)9-13(11-20-17)18(23)21-15-5-7-22(8-6-15)16-2-3-16/h1,4,9-11,15-16H,2-3,5-8H2,(H,21,23). The predicted octanol–water partition coefficient (Wildman–Crippen LogP) is 2.73. The van der Waals surface area contributed by atoms with Gasteiger partial charge in [-0.1, -0.05) is 0 Å². The molecule has 1 aliphatic heterocycles. The highest BCUT2D eigenvalue weighted by Gasteiger charge is 2.32. The van der Waals surface area contributed by atoms with E-state index in [0.717, 1.165) is 32.0 Å². The van der Waals surface area contributed by atoms with Crippen LogP contribution in [0.1, 0.15) is 36.0 Å². The highest BCUT2D eigenvalue weighted by atomic mass is 19.1. The zero-order valence-electron chi connectivity index (χ0n) is 13.0. The van der Waals surface area contributed by atoms with Gasteiger partial charge in [-0.3, -0.25) is 9.78 Å². The largest absolute Gasteiger partial charge is 0.349 e. The van der Waals surface area contributed by atoms with Crippen LogP contribution in [0, 0.1) is 5.82 Å². The summed E-state index contributed by atoms with van der Waals surface area (Å²) in [6, 6.07) is 7.14. The van der Waals surface area contributed by atoms with Gasteiger partial charge in [-0.15, -0.1) is 0 Å². The summed E-state index contributed by atoms with van der Waals surface area (Å²) in [5, 5.41) is 3.75. The second-order valence-corrected chi connectivity index (χ2v) is 6.58. The lowest BCUT2D eigenvalue weighted by molar-refractivity contribution is 0.0909. The predicted molar refractivity (Wildman–Crippen MR) is 86.8 cm³/mol. The second-order valence-electron chi connectivity index (χ2n) is 6.58. The summed E-state index contributed by atoms with van der Waals surface area (Å²) in [6.07, 6.45) is 6.22. The van der Waals surface area contributed by atoms with E-state index in [0.29, 0.717) is 16.5 Å². The lowest BCUT2D eigenvalue weighted by Crippen LogP contribution is -2.45. The van der Waals surface area contributed by atoms with Crippen LogP contribution in [-0.4, -0.2) is 41.0 Å². The summed E-state index contributed by atoms with van der Waals surface area (Å²) < 4.78 is 13.3. The van der Waals surface area contributed by atoms with Crippen LogP contribution >= 0.6 is 0 Å². The Hall–Kier alpha value is -2.01. The topological polar surface area (TPSA) is 45.2 Å². The quantitative estimate of drug-likeness (QED) is 0.947. The number of nitrogens with zero attached hydrogens (tertiary/aromatic N) is 2. The second kappa shape index (κ2) is 5.89. The first-order chi connectivity index (χ1) is 11.2. The number of halogens is 1. The molecule has 0 radical (unpaired) electrons. The number of pyridine rings is 1. The maximum Gasteiger partial charge on any atom is 0.253 e. The van der Waals surface area contributed by atoms with Crippen molar-refractivity contribution in [3.05, 3.63) is 41.8 Å². The maximum absolute atomic E-state index is 13.3. The van der Waals surface area contributed by atoms with Crippen LogP contribution in [0.3, 0.4) is 0 Å². The van der Waals surface area contributed by atoms with Crippen LogP contribution in [0.2, 0.25) is 0 Å². The number of benzene rings is 1. The highest BCUT2D eigenvalue weighted by molar-refractivity contribution is 5.97. The van der Waals surface area contributed by atoms with Crippen molar-refractivity contribution >= 4 is 16.8 Å². The molecule has 0 unspecified atom stereocenters. The van der Waals surface area contributed by atoms with Crippen LogP contribution in [-0.2, 0) is 0 Å². The van der Waals surface area contributed by atoms with E-state index in [1.54, 1.807) is 18.3 Å². The van der Waals surface area contributed by atoms with E-state index in [1.165, 1.54) is 25.0 Å². The minimum absolute atomic E-state index is 0.117. The van der Waals surface area contributed by atoms with Crippen molar-refractivity contribution in [2.45, 2.75) is 37.8 Å². The fourth-order valence-electron chi connectivity index (χ4n) is 3.34. The Labute approximate surface area is 134 Å². The summed E-state index contributed by atoms with van der Waals surface area (Å²) in [7, 11) is 0. The number of hydrogen-bond acceptors (Lipinski definition) is 3. The average molecular weight is 313 g/mol. The van der Waals surface area contributed by atoms with E-state index < -0.39 is 0 Å². The number of amides is 1. The molecule has 1 saturated carbocycles. The van der Waals surface area contributed by atoms with Gasteiger partial charge in [0, 0.05) is 36.8 Å². The van der Waals surface area contributed by atoms with E-state index in [2.05, 4.69) is 15.2 Å². The molecule has 4 rings (SSSR count). The van der Waals surface area contributed by atoms with E-state index in [9.17, 15) is 9.18 Å². The first-order valence-electron chi connectivity index (χ1n) is 8.29. The molecule has 1 aromatic heterocycles. The van der Waals surface area contributed by atoms with Crippen molar-refractivity contribution in [1.82, 2.24) is 15.2 Å². The maximum atomic E-state index is 13.3. The van der Waals surface area contributed by atoms with Crippen molar-refractivity contribution in [2.24, 2.45) is 0 Å². The lowest BCUT2D eigenvalue weighted by atomic mass is 10.0. The van der Waals surface area contributed by atoms with Gasteiger partial charge in [0.05, 0.1) is 11.1 Å². The molecule has 1 aromatic carbocycles. The third-order valence-corrected chi connectivity index (χ3v) is 4.83. The zero-order chi connectivity index (χ0) is 15.8. The normalized spacial score (nSPS) is 19.9. The average Bonchev–Trinajstić information content (AvgIpc) is 3.40. The van der Waals surface area contributed by atoms with Crippen LogP contribution in [0.4, 0.5) is 4.39 Å². The molecular formula is C18H20FN3O. The molecule has 23 heavy (non-hydrogen) atoms. The molecule has 1 saturated heterocycles. The molecule has 1 amide bonds. The minimum Gasteiger partial charge on any atom is -0.349 e. The van der Waals surface area contributed by atoms with Crippen LogP contribution in [0.25, 0.3) is 10.9 Å². The third kappa shape index (κ3) is 3.20. The molecule has 2 fully saturated rings. The number of carbonyl (C=O) groups is 1. The number of fused-ring (bicyclic) bond motifs is 1. The van der Waals surface area contributed by atoms with Crippen LogP contribution < -0.4 is 5.32 Å². The van der Waals surface area contributed by atoms with Crippen molar-refractivity contribution < 1.29 is 9.18 Å². The number of piperidine rings is 1. The molecule has 0 spiro atoms. The van der Waals surface area contributed by atoms with E-state index in [-0.39, 0.29) is 17.8 Å². The number of rotatable bonds is 3. The number of hydrogen-bond donors (Lipinski definition) is 1. The van der Waals surface area contributed by atoms with Crippen LogP contribution in [0.15, 0.2) is 30.5 Å². The molecule has 2 aliphatic rings. The first kappa shape index (κ1) is 14.6. The molecule has 1 aliphatic carbocycles. The molecule has 0 bridgehead atoms. The summed E-state index contributed by atoms with van der Waals surface area (Å²) in [4.78, 5) is 19.2. The van der Waals surface area contributed by atoms with Crippen molar-refractivity contribution in [3.8, 4) is 0 Å².